The molecule has 132 valence electrons. The number of aryl methyl sites for hydroxylation is 3. The first-order valence-electron chi connectivity index (χ1n) is 8.35. The monoisotopic (exact) mass is 355 g/mol. The van der Waals surface area contributed by atoms with Crippen LogP contribution in [-0.2, 0) is 16.4 Å². The fraction of sp³-hybridized carbons (Fsp3) is 0.286. The SMILES string of the molecule is CC=C=C[C@H](Cc1ccccc1)NS(=O)(=O)c1c(C)cc(C)cc1C. The van der Waals surface area contributed by atoms with E-state index in [1.807, 2.05) is 70.2 Å². The van der Waals surface area contributed by atoms with Gasteiger partial charge in [-0.05, 0) is 63.0 Å². The lowest BCUT2D eigenvalue weighted by atomic mass is 10.1. The van der Waals surface area contributed by atoms with Crippen molar-refractivity contribution < 1.29 is 8.42 Å². The van der Waals surface area contributed by atoms with Crippen LogP contribution in [0.15, 0.2) is 65.2 Å². The molecule has 0 amide bonds. The van der Waals surface area contributed by atoms with Crippen LogP contribution in [0.1, 0.15) is 29.2 Å². The van der Waals surface area contributed by atoms with Gasteiger partial charge in [-0.1, -0.05) is 48.0 Å². The Labute approximate surface area is 151 Å². The van der Waals surface area contributed by atoms with Crippen LogP contribution in [0, 0.1) is 20.8 Å². The van der Waals surface area contributed by atoms with Gasteiger partial charge in [0.25, 0.3) is 0 Å². The Bertz CT molecular complexity index is 870. The molecule has 0 fully saturated rings. The van der Waals surface area contributed by atoms with Gasteiger partial charge >= 0.3 is 0 Å². The van der Waals surface area contributed by atoms with Crippen LogP contribution in [0.5, 0.6) is 0 Å². The average Bonchev–Trinajstić information content (AvgIpc) is 2.52. The van der Waals surface area contributed by atoms with Crippen molar-refractivity contribution in [3.05, 3.63) is 82.6 Å². The van der Waals surface area contributed by atoms with Crippen molar-refractivity contribution in [1.82, 2.24) is 4.72 Å². The van der Waals surface area contributed by atoms with Gasteiger partial charge in [0.1, 0.15) is 0 Å². The summed E-state index contributed by atoms with van der Waals surface area (Å²) < 4.78 is 28.8. The molecule has 0 heterocycles. The molecule has 1 atom stereocenters. The third-order valence-electron chi connectivity index (χ3n) is 3.94. The molecule has 2 rings (SSSR count). The summed E-state index contributed by atoms with van der Waals surface area (Å²) in [7, 11) is -3.62. The molecule has 0 aliphatic carbocycles. The van der Waals surface area contributed by atoms with Crippen molar-refractivity contribution in [3.63, 3.8) is 0 Å². The van der Waals surface area contributed by atoms with Gasteiger partial charge in [0, 0.05) is 0 Å². The zero-order chi connectivity index (χ0) is 18.4. The molecule has 3 nitrogen and oxygen atoms in total. The predicted octanol–water partition coefficient (Wildman–Crippen LogP) is 4.23. The highest BCUT2D eigenvalue weighted by Gasteiger charge is 2.23. The molecule has 0 spiro atoms. The van der Waals surface area contributed by atoms with E-state index in [0.717, 1.165) is 22.3 Å². The highest BCUT2D eigenvalue weighted by Crippen LogP contribution is 2.22. The van der Waals surface area contributed by atoms with Gasteiger partial charge in [-0.25, -0.2) is 13.1 Å². The van der Waals surface area contributed by atoms with Crippen molar-refractivity contribution in [2.24, 2.45) is 0 Å². The summed E-state index contributed by atoms with van der Waals surface area (Å²) in [5, 5.41) is 0. The third-order valence-corrected chi connectivity index (χ3v) is 5.74. The molecular weight excluding hydrogens is 330 g/mol. The van der Waals surface area contributed by atoms with Gasteiger partial charge in [0.2, 0.25) is 10.0 Å². The predicted molar refractivity (Wildman–Crippen MR) is 103 cm³/mol. The van der Waals surface area contributed by atoms with Crippen molar-refractivity contribution in [1.29, 1.82) is 0 Å². The van der Waals surface area contributed by atoms with E-state index in [9.17, 15) is 8.42 Å². The van der Waals surface area contributed by atoms with E-state index in [1.165, 1.54) is 0 Å². The molecule has 0 saturated carbocycles. The van der Waals surface area contributed by atoms with E-state index in [0.29, 0.717) is 11.3 Å². The first kappa shape index (κ1) is 19.2. The maximum atomic E-state index is 13.0. The molecular formula is C21H25NO2S. The topological polar surface area (TPSA) is 46.2 Å². The molecule has 0 unspecified atom stereocenters. The molecule has 25 heavy (non-hydrogen) atoms. The standard InChI is InChI=1S/C21H25NO2S/c1-5-6-12-20(15-19-10-8-7-9-11-19)22-25(23,24)21-17(3)13-16(2)14-18(21)4/h5,7-14,20,22H,15H2,1-4H3/t6?,20-/m1/s1. The number of hydrogen-bond donors (Lipinski definition) is 1. The Morgan fingerprint density at radius 3 is 2.24 bits per heavy atom. The molecule has 0 aliphatic rings. The lowest BCUT2D eigenvalue weighted by molar-refractivity contribution is 0.569. The fourth-order valence-electron chi connectivity index (χ4n) is 3.06. The third kappa shape index (κ3) is 5.17. The lowest BCUT2D eigenvalue weighted by Gasteiger charge is -2.18. The Kier molecular flexibility index (Phi) is 6.38. The van der Waals surface area contributed by atoms with Crippen LogP contribution in [0.3, 0.4) is 0 Å². The number of nitrogens with one attached hydrogen (secondary N) is 1. The Hall–Kier alpha value is -2.13. The van der Waals surface area contributed by atoms with Crippen LogP contribution in [0.2, 0.25) is 0 Å². The molecule has 0 radical (unpaired) electrons. The zero-order valence-electron chi connectivity index (χ0n) is 15.2. The van der Waals surface area contributed by atoms with Gasteiger partial charge < -0.3 is 0 Å². The summed E-state index contributed by atoms with van der Waals surface area (Å²) in [6, 6.07) is 13.3. The number of rotatable bonds is 6. The molecule has 2 aromatic rings. The van der Waals surface area contributed by atoms with Crippen molar-refractivity contribution in [2.75, 3.05) is 0 Å². The van der Waals surface area contributed by atoms with Crippen molar-refractivity contribution in [2.45, 2.75) is 45.1 Å². The molecule has 4 heteroatoms. The summed E-state index contributed by atoms with van der Waals surface area (Å²) in [6.07, 6.45) is 4.11. The summed E-state index contributed by atoms with van der Waals surface area (Å²) >= 11 is 0. The second-order valence-corrected chi connectivity index (χ2v) is 7.92. The summed E-state index contributed by atoms with van der Waals surface area (Å²) in [4.78, 5) is 0.366. The van der Waals surface area contributed by atoms with Crippen LogP contribution < -0.4 is 4.72 Å². The van der Waals surface area contributed by atoms with Crippen LogP contribution in [0.25, 0.3) is 0 Å². The highest BCUT2D eigenvalue weighted by molar-refractivity contribution is 7.89. The smallest absolute Gasteiger partial charge is 0.207 e. The average molecular weight is 356 g/mol. The molecule has 2 aromatic carbocycles. The number of sulfonamides is 1. The first-order chi connectivity index (χ1) is 11.8. The van der Waals surface area contributed by atoms with Gasteiger partial charge in [-0.15, -0.1) is 5.73 Å². The molecule has 1 N–H and O–H groups in total. The summed E-state index contributed by atoms with van der Waals surface area (Å²) in [6.45, 7) is 7.50. The fourth-order valence-corrected chi connectivity index (χ4v) is 4.70. The highest BCUT2D eigenvalue weighted by atomic mass is 32.2. The van der Waals surface area contributed by atoms with Gasteiger partial charge in [0.15, 0.2) is 0 Å². The molecule has 0 bridgehead atoms. The summed E-state index contributed by atoms with van der Waals surface area (Å²) in [5.74, 6) is 0. The second kappa shape index (κ2) is 8.30. The minimum absolute atomic E-state index is 0.358. The molecule has 0 aliphatic heterocycles. The first-order valence-corrected chi connectivity index (χ1v) is 9.83. The van der Waals surface area contributed by atoms with E-state index in [-0.39, 0.29) is 6.04 Å². The van der Waals surface area contributed by atoms with Gasteiger partial charge in [-0.2, -0.15) is 0 Å². The Balaban J connectivity index is 2.36. The van der Waals surface area contributed by atoms with Crippen LogP contribution in [-0.4, -0.2) is 14.5 Å². The van der Waals surface area contributed by atoms with Crippen molar-refractivity contribution in [3.8, 4) is 0 Å². The molecule has 0 saturated heterocycles. The second-order valence-electron chi connectivity index (χ2n) is 6.27. The Morgan fingerprint density at radius 1 is 1.08 bits per heavy atom. The zero-order valence-corrected chi connectivity index (χ0v) is 16.0. The maximum absolute atomic E-state index is 13.0. The van der Waals surface area contributed by atoms with E-state index >= 15 is 0 Å². The number of benzene rings is 2. The van der Waals surface area contributed by atoms with Gasteiger partial charge in [-0.3, -0.25) is 0 Å². The van der Waals surface area contributed by atoms with E-state index < -0.39 is 10.0 Å². The minimum atomic E-state index is -3.62. The largest absolute Gasteiger partial charge is 0.241 e. The summed E-state index contributed by atoms with van der Waals surface area (Å²) in [5.41, 5.74) is 6.66. The van der Waals surface area contributed by atoms with E-state index in [2.05, 4.69) is 10.5 Å². The van der Waals surface area contributed by atoms with Crippen LogP contribution in [0.4, 0.5) is 0 Å². The lowest BCUT2D eigenvalue weighted by Crippen LogP contribution is -2.35. The van der Waals surface area contributed by atoms with Crippen LogP contribution >= 0.6 is 0 Å². The number of hydrogen-bond acceptors (Lipinski definition) is 2. The van der Waals surface area contributed by atoms with Crippen molar-refractivity contribution >= 4 is 10.0 Å². The quantitative estimate of drug-likeness (QED) is 0.788. The van der Waals surface area contributed by atoms with Gasteiger partial charge in [0.05, 0.1) is 10.9 Å². The van der Waals surface area contributed by atoms with E-state index in [4.69, 9.17) is 0 Å². The van der Waals surface area contributed by atoms with E-state index in [1.54, 1.807) is 12.2 Å². The maximum Gasteiger partial charge on any atom is 0.241 e. The Morgan fingerprint density at radius 2 is 1.68 bits per heavy atom. The minimum Gasteiger partial charge on any atom is -0.207 e. The normalized spacial score (nSPS) is 12.3. The molecule has 0 aromatic heterocycles.